The quantitative estimate of drug-likeness (QED) is 0.188. The molecule has 0 atom stereocenters. The normalized spacial score (nSPS) is 13.6. The van der Waals surface area contributed by atoms with Crippen LogP contribution in [-0.2, 0) is 5.41 Å². The summed E-state index contributed by atoms with van der Waals surface area (Å²) in [5, 5.41) is 6.81. The summed E-state index contributed by atoms with van der Waals surface area (Å²) in [4.78, 5) is 0. The summed E-state index contributed by atoms with van der Waals surface area (Å²) in [5.74, 6) is 6.75. The van der Waals surface area contributed by atoms with Crippen molar-refractivity contribution in [2.75, 3.05) is 5.01 Å². The molecule has 0 fully saturated rings. The van der Waals surface area contributed by atoms with Crippen molar-refractivity contribution < 1.29 is 0 Å². The van der Waals surface area contributed by atoms with Gasteiger partial charge in [-0.15, -0.1) is 0 Å². The Kier molecular flexibility index (Phi) is 4.80. The SMILES string of the molecule is CC1(C)c2ccccc2-c2ccc(N(N)c3ccc(-n4c5ccccc5c5ccc6ccccc6c54)cc3)cc21. The van der Waals surface area contributed by atoms with Gasteiger partial charge in [0.2, 0.25) is 0 Å². The molecule has 7 aromatic rings. The molecule has 40 heavy (non-hydrogen) atoms. The zero-order valence-corrected chi connectivity index (χ0v) is 22.6. The van der Waals surface area contributed by atoms with Gasteiger partial charge in [-0.1, -0.05) is 98.8 Å². The molecular weight excluding hydrogens is 486 g/mol. The smallest absolute Gasteiger partial charge is 0.0619 e. The Morgan fingerprint density at radius 2 is 1.25 bits per heavy atom. The molecule has 0 bridgehead atoms. The van der Waals surface area contributed by atoms with E-state index in [9.17, 15) is 0 Å². The van der Waals surface area contributed by atoms with Crippen LogP contribution >= 0.6 is 0 Å². The molecule has 8 rings (SSSR count). The van der Waals surface area contributed by atoms with E-state index in [-0.39, 0.29) is 5.41 Å². The summed E-state index contributed by atoms with van der Waals surface area (Å²) < 4.78 is 2.38. The molecule has 3 nitrogen and oxygen atoms in total. The Hall–Kier alpha value is -4.86. The van der Waals surface area contributed by atoms with E-state index in [1.165, 1.54) is 54.8 Å². The number of hydrazine groups is 1. The molecule has 2 N–H and O–H groups in total. The van der Waals surface area contributed by atoms with Gasteiger partial charge in [0.1, 0.15) is 0 Å². The first-order valence-electron chi connectivity index (χ1n) is 13.8. The number of fused-ring (bicyclic) bond motifs is 8. The molecule has 3 heteroatoms. The maximum Gasteiger partial charge on any atom is 0.0619 e. The monoisotopic (exact) mass is 515 g/mol. The minimum atomic E-state index is -0.0635. The van der Waals surface area contributed by atoms with Gasteiger partial charge in [-0.25, -0.2) is 5.84 Å². The topological polar surface area (TPSA) is 34.2 Å². The highest BCUT2D eigenvalue weighted by atomic mass is 15.4. The molecule has 0 spiro atoms. The van der Waals surface area contributed by atoms with Gasteiger partial charge in [0, 0.05) is 27.3 Å². The van der Waals surface area contributed by atoms with Crippen LogP contribution < -0.4 is 10.9 Å². The van der Waals surface area contributed by atoms with E-state index in [4.69, 9.17) is 5.84 Å². The number of aromatic nitrogens is 1. The number of rotatable bonds is 3. The summed E-state index contributed by atoms with van der Waals surface area (Å²) in [6, 6.07) is 45.7. The van der Waals surface area contributed by atoms with Crippen LogP contribution in [0.4, 0.5) is 11.4 Å². The average molecular weight is 516 g/mol. The first-order chi connectivity index (χ1) is 19.5. The van der Waals surface area contributed by atoms with E-state index < -0.39 is 0 Å². The van der Waals surface area contributed by atoms with Gasteiger partial charge in [-0.2, -0.15) is 0 Å². The second-order valence-corrected chi connectivity index (χ2v) is 11.3. The van der Waals surface area contributed by atoms with Crippen molar-refractivity contribution in [3.05, 3.63) is 139 Å². The summed E-state index contributed by atoms with van der Waals surface area (Å²) in [7, 11) is 0. The summed E-state index contributed by atoms with van der Waals surface area (Å²) in [6.45, 7) is 4.60. The Morgan fingerprint density at radius 1 is 0.575 bits per heavy atom. The number of anilines is 2. The highest BCUT2D eigenvalue weighted by Crippen LogP contribution is 2.49. The van der Waals surface area contributed by atoms with Crippen molar-refractivity contribution in [3.63, 3.8) is 0 Å². The maximum atomic E-state index is 6.75. The predicted molar refractivity (Wildman–Crippen MR) is 169 cm³/mol. The van der Waals surface area contributed by atoms with E-state index in [0.717, 1.165) is 17.1 Å². The van der Waals surface area contributed by atoms with Crippen LogP contribution in [0.25, 0.3) is 49.4 Å². The molecule has 6 aromatic carbocycles. The lowest BCUT2D eigenvalue weighted by atomic mass is 9.82. The first kappa shape index (κ1) is 23.1. The number of nitrogens with zero attached hydrogens (tertiary/aromatic N) is 2. The van der Waals surface area contributed by atoms with Crippen LogP contribution in [0.3, 0.4) is 0 Å². The van der Waals surface area contributed by atoms with Crippen molar-refractivity contribution in [2.24, 2.45) is 5.84 Å². The highest BCUT2D eigenvalue weighted by molar-refractivity contribution is 6.18. The molecule has 0 unspecified atom stereocenters. The van der Waals surface area contributed by atoms with Gasteiger partial charge in [0.15, 0.2) is 0 Å². The van der Waals surface area contributed by atoms with Gasteiger partial charge < -0.3 is 4.57 Å². The number of benzene rings is 6. The van der Waals surface area contributed by atoms with Crippen molar-refractivity contribution in [1.29, 1.82) is 0 Å². The lowest BCUT2D eigenvalue weighted by molar-refractivity contribution is 0.660. The Balaban J connectivity index is 1.22. The van der Waals surface area contributed by atoms with Crippen LogP contribution in [-0.4, -0.2) is 4.57 Å². The lowest BCUT2D eigenvalue weighted by Crippen LogP contribution is -2.25. The molecule has 0 aliphatic heterocycles. The fraction of sp³-hybridized carbons (Fsp3) is 0.0811. The standard InChI is InChI=1S/C37H29N3/c1-37(2)33-13-7-5-11-29(33)30-22-20-27(23-34(30)37)40(38)26-18-16-25(17-19-26)39-35-14-8-6-12-31(35)32-21-15-24-9-3-4-10-28(24)36(32)39/h3-23H,38H2,1-2H3. The Labute approximate surface area is 233 Å². The van der Waals surface area contributed by atoms with E-state index in [0.29, 0.717) is 0 Å². The third-order valence-electron chi connectivity index (χ3n) is 8.79. The molecule has 1 aliphatic rings. The third-order valence-corrected chi connectivity index (χ3v) is 8.79. The van der Waals surface area contributed by atoms with Crippen molar-refractivity contribution in [1.82, 2.24) is 4.57 Å². The Bertz CT molecular complexity index is 2100. The number of nitrogens with two attached hydrogens (primary N) is 1. The highest BCUT2D eigenvalue weighted by Gasteiger charge is 2.35. The zero-order chi connectivity index (χ0) is 27.0. The van der Waals surface area contributed by atoms with Crippen LogP contribution in [0, 0.1) is 0 Å². The molecule has 1 aromatic heterocycles. The molecule has 0 radical (unpaired) electrons. The second-order valence-electron chi connectivity index (χ2n) is 11.3. The van der Waals surface area contributed by atoms with Crippen molar-refractivity contribution in [2.45, 2.75) is 19.3 Å². The van der Waals surface area contributed by atoms with Gasteiger partial charge in [0.05, 0.1) is 22.4 Å². The fourth-order valence-electron chi connectivity index (χ4n) is 6.75. The minimum Gasteiger partial charge on any atom is -0.309 e. The molecular formula is C37H29N3. The number of para-hydroxylation sites is 1. The van der Waals surface area contributed by atoms with E-state index >= 15 is 0 Å². The van der Waals surface area contributed by atoms with E-state index in [1.807, 2.05) is 0 Å². The molecule has 1 heterocycles. The van der Waals surface area contributed by atoms with E-state index in [2.05, 4.69) is 146 Å². The zero-order valence-electron chi connectivity index (χ0n) is 22.6. The first-order valence-corrected chi connectivity index (χ1v) is 13.8. The van der Waals surface area contributed by atoms with Crippen LogP contribution in [0.15, 0.2) is 127 Å². The minimum absolute atomic E-state index is 0.0635. The summed E-state index contributed by atoms with van der Waals surface area (Å²) in [6.07, 6.45) is 0. The van der Waals surface area contributed by atoms with Gasteiger partial charge in [-0.05, 0) is 70.1 Å². The van der Waals surface area contributed by atoms with Crippen LogP contribution in [0.5, 0.6) is 0 Å². The Morgan fingerprint density at radius 3 is 2.10 bits per heavy atom. The molecule has 1 aliphatic carbocycles. The van der Waals surface area contributed by atoms with Gasteiger partial charge in [-0.3, -0.25) is 5.01 Å². The van der Waals surface area contributed by atoms with Crippen LogP contribution in [0.2, 0.25) is 0 Å². The average Bonchev–Trinajstić information content (AvgIpc) is 3.46. The van der Waals surface area contributed by atoms with Crippen LogP contribution in [0.1, 0.15) is 25.0 Å². The number of hydrogen-bond donors (Lipinski definition) is 1. The molecule has 0 saturated carbocycles. The molecule has 0 amide bonds. The predicted octanol–water partition coefficient (Wildman–Crippen LogP) is 9.25. The summed E-state index contributed by atoms with van der Waals surface area (Å²) in [5.41, 5.74) is 10.7. The maximum absolute atomic E-state index is 6.75. The van der Waals surface area contributed by atoms with Gasteiger partial charge >= 0.3 is 0 Å². The van der Waals surface area contributed by atoms with E-state index in [1.54, 1.807) is 5.01 Å². The van der Waals surface area contributed by atoms with Crippen molar-refractivity contribution in [3.8, 4) is 16.8 Å². The summed E-state index contributed by atoms with van der Waals surface area (Å²) >= 11 is 0. The number of hydrogen-bond acceptors (Lipinski definition) is 2. The third kappa shape index (κ3) is 3.16. The lowest BCUT2D eigenvalue weighted by Gasteiger charge is -2.24. The van der Waals surface area contributed by atoms with Gasteiger partial charge in [0.25, 0.3) is 0 Å². The second kappa shape index (κ2) is 8.32. The fourth-order valence-corrected chi connectivity index (χ4v) is 6.75. The molecule has 0 saturated heterocycles. The van der Waals surface area contributed by atoms with Crippen molar-refractivity contribution >= 4 is 44.0 Å². The largest absolute Gasteiger partial charge is 0.309 e. The molecule has 192 valence electrons.